The first-order valence-corrected chi connectivity index (χ1v) is 19.2. The number of sulfone groups is 1. The van der Waals surface area contributed by atoms with Crippen LogP contribution in [0.5, 0.6) is 0 Å². The van der Waals surface area contributed by atoms with Crippen LogP contribution in [-0.2, 0) is 29.0 Å². The van der Waals surface area contributed by atoms with Crippen molar-refractivity contribution in [2.24, 2.45) is 28.6 Å². The summed E-state index contributed by atoms with van der Waals surface area (Å²) in [6, 6.07) is -3.50. The third kappa shape index (κ3) is 8.94. The number of carbonyl (C=O) groups is 5. The van der Waals surface area contributed by atoms with E-state index in [1.165, 1.54) is 4.90 Å². The number of nitrogens with one attached hydrogen (secondary N) is 4. The number of urea groups is 1. The summed E-state index contributed by atoms with van der Waals surface area (Å²) in [6.45, 7) is 13.8. The standard InChI is InChI=1S/C34H55N5O7S/c1-8-9-17-35-29(42)26(40)23(18-21-13-14-21)36-28(41)25-24-22(33(24,5)6)19-39(25)30(43)27(32(2,3)4)37-31(44)38-34(20-47(7,45)46)15-11-10-12-16-34/h8,21-25,27H,1,9-20H2,2-7H3,(H,35,42)(H,36,41)(H2,37,38,44)/t22?,23?,24?,25-,27+/m0/s1. The zero-order valence-electron chi connectivity index (χ0n) is 28.9. The second-order valence-electron chi connectivity index (χ2n) is 16.1. The van der Waals surface area contributed by atoms with E-state index < -0.39 is 68.5 Å². The molecule has 13 heteroatoms. The zero-order valence-corrected chi connectivity index (χ0v) is 29.8. The van der Waals surface area contributed by atoms with Crippen LogP contribution in [0.2, 0.25) is 0 Å². The van der Waals surface area contributed by atoms with Gasteiger partial charge in [-0.2, -0.15) is 0 Å². The maximum absolute atomic E-state index is 14.4. The Bertz CT molecular complexity index is 1360. The summed E-state index contributed by atoms with van der Waals surface area (Å²) in [5.74, 6) is -2.34. The van der Waals surface area contributed by atoms with Crippen molar-refractivity contribution < 1.29 is 32.4 Å². The lowest BCUT2D eigenvalue weighted by molar-refractivity contribution is -0.145. The molecule has 47 heavy (non-hydrogen) atoms. The first kappa shape index (κ1) is 36.9. The van der Waals surface area contributed by atoms with Gasteiger partial charge in [-0.25, -0.2) is 13.2 Å². The molecule has 0 radical (unpaired) electrons. The Labute approximate surface area is 279 Å². The predicted molar refractivity (Wildman–Crippen MR) is 179 cm³/mol. The SMILES string of the molecule is C=CCCNC(=O)C(=O)C(CC1CC1)NC(=O)[C@@H]1C2C(CN1C(=O)[C@@H](NC(=O)NC1(CS(C)(=O)=O)CCCCC1)C(C)(C)C)C2(C)C. The quantitative estimate of drug-likeness (QED) is 0.124. The van der Waals surface area contributed by atoms with Gasteiger partial charge in [-0.1, -0.05) is 72.8 Å². The number of rotatable bonds is 14. The van der Waals surface area contributed by atoms with Gasteiger partial charge in [-0.3, -0.25) is 19.2 Å². The molecule has 4 fully saturated rings. The van der Waals surface area contributed by atoms with E-state index in [4.69, 9.17) is 0 Å². The van der Waals surface area contributed by atoms with Crippen LogP contribution in [-0.4, -0.2) is 91.6 Å². The monoisotopic (exact) mass is 677 g/mol. The van der Waals surface area contributed by atoms with Crippen molar-refractivity contribution >= 4 is 39.4 Å². The number of Topliss-reactive ketones (excluding diaryl/α,β-unsaturated/α-hetero) is 1. The van der Waals surface area contributed by atoms with Gasteiger partial charge in [-0.05, 0) is 54.3 Å². The first-order valence-electron chi connectivity index (χ1n) is 17.1. The lowest BCUT2D eigenvalue weighted by atomic mass is 9.83. The van der Waals surface area contributed by atoms with Crippen LogP contribution in [0.4, 0.5) is 4.79 Å². The van der Waals surface area contributed by atoms with Crippen molar-refractivity contribution in [1.82, 2.24) is 26.2 Å². The number of fused-ring (bicyclic) bond motifs is 1. The van der Waals surface area contributed by atoms with Crippen LogP contribution >= 0.6 is 0 Å². The van der Waals surface area contributed by atoms with E-state index in [0.29, 0.717) is 32.2 Å². The van der Waals surface area contributed by atoms with E-state index in [9.17, 15) is 32.4 Å². The highest BCUT2D eigenvalue weighted by molar-refractivity contribution is 7.90. The van der Waals surface area contributed by atoms with Crippen LogP contribution < -0.4 is 21.3 Å². The highest BCUT2D eigenvalue weighted by Crippen LogP contribution is 2.65. The molecule has 0 bridgehead atoms. The van der Waals surface area contributed by atoms with Gasteiger partial charge in [0.2, 0.25) is 17.6 Å². The maximum atomic E-state index is 14.4. The average Bonchev–Trinajstić information content (AvgIpc) is 3.81. The van der Waals surface area contributed by atoms with Crippen molar-refractivity contribution in [2.45, 2.75) is 116 Å². The predicted octanol–water partition coefficient (Wildman–Crippen LogP) is 2.48. The van der Waals surface area contributed by atoms with E-state index in [2.05, 4.69) is 41.7 Å². The van der Waals surface area contributed by atoms with E-state index in [-0.39, 0.29) is 35.5 Å². The van der Waals surface area contributed by atoms with Gasteiger partial charge in [-0.15, -0.1) is 6.58 Å². The molecular weight excluding hydrogens is 622 g/mol. The molecule has 0 aromatic rings. The Morgan fingerprint density at radius 3 is 2.21 bits per heavy atom. The molecule has 0 aromatic heterocycles. The van der Waals surface area contributed by atoms with E-state index in [0.717, 1.165) is 38.4 Å². The van der Waals surface area contributed by atoms with Crippen LogP contribution in [0.25, 0.3) is 0 Å². The number of hydrogen-bond acceptors (Lipinski definition) is 7. The van der Waals surface area contributed by atoms with Crippen molar-refractivity contribution in [1.29, 1.82) is 0 Å². The molecule has 4 aliphatic rings. The van der Waals surface area contributed by atoms with Gasteiger partial charge in [0, 0.05) is 19.3 Å². The maximum Gasteiger partial charge on any atom is 0.315 e. The molecule has 1 aliphatic heterocycles. The molecule has 264 valence electrons. The fourth-order valence-electron chi connectivity index (χ4n) is 7.78. The highest BCUT2D eigenvalue weighted by atomic mass is 32.2. The Hall–Kier alpha value is -2.96. The molecular formula is C34H55N5O7S. The minimum absolute atomic E-state index is 0.0664. The van der Waals surface area contributed by atoms with Crippen LogP contribution in [0.15, 0.2) is 12.7 Å². The largest absolute Gasteiger partial charge is 0.349 e. The number of piperidine rings is 1. The summed E-state index contributed by atoms with van der Waals surface area (Å²) in [5, 5.41) is 11.2. The topological polar surface area (TPSA) is 171 Å². The Morgan fingerprint density at radius 2 is 1.66 bits per heavy atom. The number of nitrogens with zero attached hydrogens (tertiary/aromatic N) is 1. The van der Waals surface area contributed by atoms with Gasteiger partial charge < -0.3 is 26.2 Å². The summed E-state index contributed by atoms with van der Waals surface area (Å²) in [6.07, 6.45) is 9.13. The van der Waals surface area contributed by atoms with Gasteiger partial charge in [0.15, 0.2) is 0 Å². The molecule has 3 unspecified atom stereocenters. The van der Waals surface area contributed by atoms with Gasteiger partial charge in [0.25, 0.3) is 5.91 Å². The third-order valence-electron chi connectivity index (χ3n) is 10.6. The highest BCUT2D eigenvalue weighted by Gasteiger charge is 2.70. The molecule has 1 saturated heterocycles. The number of likely N-dealkylation sites (tertiary alicyclic amines) is 1. The summed E-state index contributed by atoms with van der Waals surface area (Å²) in [4.78, 5) is 69.3. The number of carbonyl (C=O) groups excluding carboxylic acids is 5. The lowest BCUT2D eigenvalue weighted by Crippen LogP contribution is -2.63. The summed E-state index contributed by atoms with van der Waals surface area (Å²) < 4.78 is 24.6. The van der Waals surface area contributed by atoms with Gasteiger partial charge >= 0.3 is 6.03 Å². The summed E-state index contributed by atoms with van der Waals surface area (Å²) in [7, 11) is -3.39. The Morgan fingerprint density at radius 1 is 1.02 bits per heavy atom. The molecule has 0 spiro atoms. The molecule has 4 N–H and O–H groups in total. The second kappa shape index (κ2) is 13.9. The normalized spacial score (nSPS) is 25.8. The Kier molecular flexibility index (Phi) is 10.9. The third-order valence-corrected chi connectivity index (χ3v) is 11.7. The van der Waals surface area contributed by atoms with Gasteiger partial charge in [0.1, 0.15) is 21.9 Å². The smallest absolute Gasteiger partial charge is 0.315 e. The molecule has 4 rings (SSSR count). The van der Waals surface area contributed by atoms with Crippen molar-refractivity contribution in [3.63, 3.8) is 0 Å². The molecule has 3 aliphatic carbocycles. The minimum Gasteiger partial charge on any atom is -0.349 e. The van der Waals surface area contributed by atoms with Crippen LogP contribution in [0.1, 0.15) is 92.4 Å². The molecule has 12 nitrogen and oxygen atoms in total. The minimum atomic E-state index is -3.39. The fourth-order valence-corrected chi connectivity index (χ4v) is 9.14. The van der Waals surface area contributed by atoms with E-state index in [1.54, 1.807) is 6.08 Å². The summed E-state index contributed by atoms with van der Waals surface area (Å²) >= 11 is 0. The van der Waals surface area contributed by atoms with E-state index >= 15 is 0 Å². The Balaban J connectivity index is 1.53. The first-order chi connectivity index (χ1) is 21.8. The molecule has 5 amide bonds. The van der Waals surface area contributed by atoms with Crippen molar-refractivity contribution in [2.75, 3.05) is 25.1 Å². The van der Waals surface area contributed by atoms with Crippen LogP contribution in [0, 0.1) is 28.6 Å². The van der Waals surface area contributed by atoms with Gasteiger partial charge in [0.05, 0.1) is 17.3 Å². The second-order valence-corrected chi connectivity index (χ2v) is 18.3. The average molecular weight is 678 g/mol. The van der Waals surface area contributed by atoms with Crippen molar-refractivity contribution in [3.05, 3.63) is 12.7 Å². The number of amides is 5. The number of hydrogen-bond donors (Lipinski definition) is 4. The number of ketones is 1. The zero-order chi connectivity index (χ0) is 34.9. The van der Waals surface area contributed by atoms with E-state index in [1.807, 2.05) is 20.8 Å². The van der Waals surface area contributed by atoms with Crippen LogP contribution in [0.3, 0.4) is 0 Å². The molecule has 0 aromatic carbocycles. The lowest BCUT2D eigenvalue weighted by Gasteiger charge is -2.40. The molecule has 1 heterocycles. The molecule has 5 atom stereocenters. The summed E-state index contributed by atoms with van der Waals surface area (Å²) in [5.41, 5.74) is -1.86. The fraction of sp³-hybridized carbons (Fsp3) is 0.794. The molecule has 3 saturated carbocycles. The van der Waals surface area contributed by atoms with Crippen molar-refractivity contribution in [3.8, 4) is 0 Å².